The summed E-state index contributed by atoms with van der Waals surface area (Å²) < 4.78 is 10.7. The highest BCUT2D eigenvalue weighted by Gasteiger charge is 2.18. The molecule has 0 atom stereocenters. The standard InChI is InChI=1S/C15H16N2O3S/c1-8(2)14(18)17-15-16-13(9(3)21-15)10-4-5-11-12(6-10)20-7-19-11/h4-6,8H,7H2,1-3H3,(H,16,17,18). The van der Waals surface area contributed by atoms with Crippen LogP contribution in [0.25, 0.3) is 11.3 Å². The zero-order chi connectivity index (χ0) is 15.0. The Morgan fingerprint density at radius 1 is 1.33 bits per heavy atom. The van der Waals surface area contributed by atoms with Gasteiger partial charge in [0, 0.05) is 16.4 Å². The number of hydrogen-bond acceptors (Lipinski definition) is 5. The number of carbonyl (C=O) groups excluding carboxylic acids is 1. The van der Waals surface area contributed by atoms with Crippen molar-refractivity contribution in [3.8, 4) is 22.8 Å². The van der Waals surface area contributed by atoms with Crippen LogP contribution in [0.3, 0.4) is 0 Å². The van der Waals surface area contributed by atoms with E-state index in [1.54, 1.807) is 0 Å². The molecule has 5 nitrogen and oxygen atoms in total. The van der Waals surface area contributed by atoms with E-state index in [0.29, 0.717) is 5.13 Å². The minimum Gasteiger partial charge on any atom is -0.454 e. The number of amides is 1. The second-order valence-corrected chi connectivity index (χ2v) is 6.34. The van der Waals surface area contributed by atoms with Crippen LogP contribution in [-0.2, 0) is 4.79 Å². The number of benzene rings is 1. The molecule has 3 rings (SSSR count). The SMILES string of the molecule is Cc1sc(NC(=O)C(C)C)nc1-c1ccc2c(c1)OCO2. The van der Waals surface area contributed by atoms with Gasteiger partial charge in [-0.1, -0.05) is 13.8 Å². The predicted octanol–water partition coefficient (Wildman–Crippen LogP) is 3.44. The molecule has 1 amide bonds. The topological polar surface area (TPSA) is 60.5 Å². The Morgan fingerprint density at radius 2 is 2.10 bits per heavy atom. The molecule has 110 valence electrons. The molecular weight excluding hydrogens is 288 g/mol. The van der Waals surface area contributed by atoms with Crippen LogP contribution in [0.2, 0.25) is 0 Å². The van der Waals surface area contributed by atoms with Crippen molar-refractivity contribution in [1.29, 1.82) is 0 Å². The van der Waals surface area contributed by atoms with E-state index in [9.17, 15) is 4.79 Å². The zero-order valence-electron chi connectivity index (χ0n) is 12.1. The third-order valence-electron chi connectivity index (χ3n) is 3.20. The highest BCUT2D eigenvalue weighted by atomic mass is 32.1. The van der Waals surface area contributed by atoms with Gasteiger partial charge in [-0.3, -0.25) is 4.79 Å². The smallest absolute Gasteiger partial charge is 0.231 e. The summed E-state index contributed by atoms with van der Waals surface area (Å²) in [5, 5.41) is 3.46. The molecule has 1 aromatic carbocycles. The number of carbonyl (C=O) groups is 1. The van der Waals surface area contributed by atoms with Gasteiger partial charge in [-0.05, 0) is 25.1 Å². The molecule has 6 heteroatoms. The first-order valence-electron chi connectivity index (χ1n) is 6.73. The Bertz CT molecular complexity index is 694. The van der Waals surface area contributed by atoms with E-state index >= 15 is 0 Å². The van der Waals surface area contributed by atoms with Crippen LogP contribution in [0, 0.1) is 12.8 Å². The Balaban J connectivity index is 1.89. The summed E-state index contributed by atoms with van der Waals surface area (Å²) >= 11 is 1.47. The van der Waals surface area contributed by atoms with Crippen molar-refractivity contribution in [3.05, 3.63) is 23.1 Å². The number of aromatic nitrogens is 1. The zero-order valence-corrected chi connectivity index (χ0v) is 12.9. The van der Waals surface area contributed by atoms with Gasteiger partial charge in [0.2, 0.25) is 12.7 Å². The lowest BCUT2D eigenvalue weighted by atomic mass is 10.1. The van der Waals surface area contributed by atoms with Crippen molar-refractivity contribution in [2.24, 2.45) is 5.92 Å². The predicted molar refractivity (Wildman–Crippen MR) is 81.9 cm³/mol. The van der Waals surface area contributed by atoms with Gasteiger partial charge in [0.1, 0.15) is 0 Å². The molecule has 0 saturated carbocycles. The number of rotatable bonds is 3. The number of nitrogens with zero attached hydrogens (tertiary/aromatic N) is 1. The first-order valence-corrected chi connectivity index (χ1v) is 7.54. The van der Waals surface area contributed by atoms with Gasteiger partial charge in [-0.2, -0.15) is 0 Å². The van der Waals surface area contributed by atoms with Crippen LogP contribution in [0.15, 0.2) is 18.2 Å². The van der Waals surface area contributed by atoms with Crippen molar-refractivity contribution in [1.82, 2.24) is 4.98 Å². The van der Waals surface area contributed by atoms with Crippen LogP contribution in [0.4, 0.5) is 5.13 Å². The van der Waals surface area contributed by atoms with Crippen LogP contribution in [0.1, 0.15) is 18.7 Å². The molecule has 0 fully saturated rings. The van der Waals surface area contributed by atoms with E-state index in [1.807, 2.05) is 39.0 Å². The van der Waals surface area contributed by atoms with E-state index in [2.05, 4.69) is 10.3 Å². The molecule has 0 unspecified atom stereocenters. The highest BCUT2D eigenvalue weighted by Crippen LogP contribution is 2.38. The summed E-state index contributed by atoms with van der Waals surface area (Å²) in [4.78, 5) is 17.3. The largest absolute Gasteiger partial charge is 0.454 e. The van der Waals surface area contributed by atoms with E-state index < -0.39 is 0 Å². The quantitative estimate of drug-likeness (QED) is 0.943. The van der Waals surface area contributed by atoms with Crippen molar-refractivity contribution in [3.63, 3.8) is 0 Å². The van der Waals surface area contributed by atoms with Crippen LogP contribution >= 0.6 is 11.3 Å². The number of anilines is 1. The van der Waals surface area contributed by atoms with Gasteiger partial charge >= 0.3 is 0 Å². The minimum absolute atomic E-state index is 0.0269. The van der Waals surface area contributed by atoms with Crippen molar-refractivity contribution in [2.75, 3.05) is 12.1 Å². The summed E-state index contributed by atoms with van der Waals surface area (Å²) in [5.41, 5.74) is 1.82. The molecule has 0 saturated heterocycles. The summed E-state index contributed by atoms with van der Waals surface area (Å²) in [7, 11) is 0. The van der Waals surface area contributed by atoms with E-state index in [0.717, 1.165) is 27.6 Å². The Kier molecular flexibility index (Phi) is 3.55. The van der Waals surface area contributed by atoms with Gasteiger partial charge in [0.05, 0.1) is 5.69 Å². The summed E-state index contributed by atoms with van der Waals surface area (Å²) in [6, 6.07) is 5.74. The van der Waals surface area contributed by atoms with Gasteiger partial charge in [0.25, 0.3) is 0 Å². The molecule has 1 aromatic heterocycles. The van der Waals surface area contributed by atoms with Gasteiger partial charge in [-0.15, -0.1) is 11.3 Å². The molecular formula is C15H16N2O3S. The summed E-state index contributed by atoms with van der Waals surface area (Å²) in [6.07, 6.45) is 0. The Hall–Kier alpha value is -2.08. The lowest BCUT2D eigenvalue weighted by Gasteiger charge is -2.03. The van der Waals surface area contributed by atoms with E-state index in [-0.39, 0.29) is 18.6 Å². The molecule has 1 N–H and O–H groups in total. The van der Waals surface area contributed by atoms with Crippen molar-refractivity contribution in [2.45, 2.75) is 20.8 Å². The number of ether oxygens (including phenoxy) is 2. The lowest BCUT2D eigenvalue weighted by Crippen LogP contribution is -2.17. The molecule has 21 heavy (non-hydrogen) atoms. The lowest BCUT2D eigenvalue weighted by molar-refractivity contribution is -0.118. The molecule has 1 aliphatic heterocycles. The first kappa shape index (κ1) is 13.9. The van der Waals surface area contributed by atoms with E-state index in [4.69, 9.17) is 9.47 Å². The molecule has 2 heterocycles. The second kappa shape index (κ2) is 5.37. The fraction of sp³-hybridized carbons (Fsp3) is 0.333. The molecule has 0 aliphatic carbocycles. The first-order chi connectivity index (χ1) is 10.0. The normalized spacial score (nSPS) is 12.8. The van der Waals surface area contributed by atoms with Gasteiger partial charge in [-0.25, -0.2) is 4.98 Å². The third-order valence-corrected chi connectivity index (χ3v) is 4.08. The molecule has 0 spiro atoms. The maximum absolute atomic E-state index is 11.7. The molecule has 0 radical (unpaired) electrons. The summed E-state index contributed by atoms with van der Waals surface area (Å²) in [6.45, 7) is 5.95. The van der Waals surface area contributed by atoms with Gasteiger partial charge < -0.3 is 14.8 Å². The number of thiazole rings is 1. The average molecular weight is 304 g/mol. The average Bonchev–Trinajstić information content (AvgIpc) is 3.04. The monoisotopic (exact) mass is 304 g/mol. The molecule has 1 aliphatic rings. The van der Waals surface area contributed by atoms with Crippen LogP contribution in [-0.4, -0.2) is 17.7 Å². The number of nitrogens with one attached hydrogen (secondary N) is 1. The third kappa shape index (κ3) is 2.71. The number of hydrogen-bond donors (Lipinski definition) is 1. The maximum atomic E-state index is 11.7. The van der Waals surface area contributed by atoms with E-state index in [1.165, 1.54) is 11.3 Å². The number of aryl methyl sites for hydroxylation is 1. The molecule has 2 aromatic rings. The summed E-state index contributed by atoms with van der Waals surface area (Å²) in [5.74, 6) is 1.39. The van der Waals surface area contributed by atoms with Crippen molar-refractivity contribution < 1.29 is 14.3 Å². The minimum atomic E-state index is -0.0665. The Labute approximate surface area is 126 Å². The second-order valence-electron chi connectivity index (χ2n) is 5.14. The van der Waals surface area contributed by atoms with Gasteiger partial charge in [0.15, 0.2) is 16.6 Å². The van der Waals surface area contributed by atoms with Crippen LogP contribution < -0.4 is 14.8 Å². The van der Waals surface area contributed by atoms with Crippen molar-refractivity contribution >= 4 is 22.4 Å². The maximum Gasteiger partial charge on any atom is 0.231 e. The fourth-order valence-corrected chi connectivity index (χ4v) is 2.85. The fourth-order valence-electron chi connectivity index (χ4n) is 2.01. The van der Waals surface area contributed by atoms with Crippen LogP contribution in [0.5, 0.6) is 11.5 Å². The molecule has 0 bridgehead atoms. The number of fused-ring (bicyclic) bond motifs is 1. The highest BCUT2D eigenvalue weighted by molar-refractivity contribution is 7.16. The Morgan fingerprint density at radius 3 is 2.86 bits per heavy atom.